The smallest absolute Gasteiger partial charge is 0.137 e. The molecule has 1 unspecified atom stereocenters. The molecule has 12 heavy (non-hydrogen) atoms. The van der Waals surface area contributed by atoms with Gasteiger partial charge in [-0.15, -0.1) is 0 Å². The van der Waals surface area contributed by atoms with Crippen molar-refractivity contribution < 1.29 is 4.79 Å². The van der Waals surface area contributed by atoms with Gasteiger partial charge in [0.25, 0.3) is 0 Å². The van der Waals surface area contributed by atoms with Gasteiger partial charge >= 0.3 is 0 Å². The average molecular weight is 182 g/mol. The fourth-order valence-electron chi connectivity index (χ4n) is 1.54. The molecule has 1 atom stereocenters. The summed E-state index contributed by atoms with van der Waals surface area (Å²) in [6.07, 6.45) is 0. The lowest BCUT2D eigenvalue weighted by atomic mass is 9.87. The Bertz CT molecular complexity index is 249. The van der Waals surface area contributed by atoms with Gasteiger partial charge in [0.05, 0.1) is 0 Å². The molecular formula is C10H14OS. The molecule has 0 N–H and O–H groups in total. The van der Waals surface area contributed by atoms with Crippen LogP contribution in [0.1, 0.15) is 32.3 Å². The second-order valence-corrected chi connectivity index (χ2v) is 4.17. The van der Waals surface area contributed by atoms with Crippen LogP contribution in [0.2, 0.25) is 0 Å². The highest BCUT2D eigenvalue weighted by Crippen LogP contribution is 2.26. The van der Waals surface area contributed by atoms with Gasteiger partial charge in [0.15, 0.2) is 0 Å². The van der Waals surface area contributed by atoms with Crippen LogP contribution < -0.4 is 0 Å². The molecule has 0 saturated heterocycles. The largest absolute Gasteiger partial charge is 0.299 e. The lowest BCUT2D eigenvalue weighted by Gasteiger charge is -2.15. The summed E-state index contributed by atoms with van der Waals surface area (Å²) in [7, 11) is 0. The Morgan fingerprint density at radius 1 is 1.50 bits per heavy atom. The third-order valence-corrected chi connectivity index (χ3v) is 2.71. The molecular weight excluding hydrogens is 168 g/mol. The number of carbonyl (C=O) groups is 1. The van der Waals surface area contributed by atoms with Gasteiger partial charge in [-0.25, -0.2) is 0 Å². The molecule has 0 aliphatic heterocycles. The summed E-state index contributed by atoms with van der Waals surface area (Å²) in [5.41, 5.74) is 1.17. The van der Waals surface area contributed by atoms with Crippen molar-refractivity contribution >= 4 is 17.1 Å². The Labute approximate surface area is 77.4 Å². The van der Waals surface area contributed by atoms with Crippen LogP contribution in [-0.4, -0.2) is 5.78 Å². The average Bonchev–Trinajstić information content (AvgIpc) is 2.37. The molecule has 0 radical (unpaired) electrons. The van der Waals surface area contributed by atoms with Crippen LogP contribution in [0.25, 0.3) is 0 Å². The second kappa shape index (κ2) is 3.85. The van der Waals surface area contributed by atoms with E-state index in [4.69, 9.17) is 0 Å². The lowest BCUT2D eigenvalue weighted by Crippen LogP contribution is -2.14. The summed E-state index contributed by atoms with van der Waals surface area (Å²) >= 11 is 1.65. The van der Waals surface area contributed by atoms with E-state index < -0.39 is 0 Å². The van der Waals surface area contributed by atoms with Crippen molar-refractivity contribution in [2.45, 2.75) is 26.7 Å². The first-order valence-electron chi connectivity index (χ1n) is 4.15. The Balaban J connectivity index is 2.88. The fourth-order valence-corrected chi connectivity index (χ4v) is 2.24. The fraction of sp³-hybridized carbons (Fsp3) is 0.500. The topological polar surface area (TPSA) is 17.1 Å². The summed E-state index contributed by atoms with van der Waals surface area (Å²) in [5, 5.41) is 4.08. The van der Waals surface area contributed by atoms with Crippen molar-refractivity contribution in [1.82, 2.24) is 0 Å². The second-order valence-electron chi connectivity index (χ2n) is 3.39. The molecule has 2 heteroatoms. The molecule has 1 nitrogen and oxygen atoms in total. The zero-order valence-corrected chi connectivity index (χ0v) is 8.52. The molecule has 0 aliphatic rings. The van der Waals surface area contributed by atoms with E-state index in [1.165, 1.54) is 5.56 Å². The quantitative estimate of drug-likeness (QED) is 0.702. The number of hydrogen-bond donors (Lipinski definition) is 0. The first-order chi connectivity index (χ1) is 5.63. The molecule has 0 spiro atoms. The minimum absolute atomic E-state index is 0.0937. The van der Waals surface area contributed by atoms with E-state index in [0.29, 0.717) is 5.92 Å². The molecule has 0 amide bonds. The third-order valence-electron chi connectivity index (χ3n) is 2.01. The minimum Gasteiger partial charge on any atom is -0.299 e. The molecule has 1 heterocycles. The first-order valence-corrected chi connectivity index (χ1v) is 5.09. The van der Waals surface area contributed by atoms with Crippen LogP contribution in [-0.2, 0) is 4.79 Å². The number of rotatable bonds is 3. The Morgan fingerprint density at radius 2 is 2.17 bits per heavy atom. The van der Waals surface area contributed by atoms with Crippen LogP contribution in [0.3, 0.4) is 0 Å². The maximum absolute atomic E-state index is 11.3. The van der Waals surface area contributed by atoms with E-state index >= 15 is 0 Å². The summed E-state index contributed by atoms with van der Waals surface area (Å²) < 4.78 is 0. The highest BCUT2D eigenvalue weighted by Gasteiger charge is 2.20. The van der Waals surface area contributed by atoms with E-state index in [0.717, 1.165) is 0 Å². The van der Waals surface area contributed by atoms with E-state index in [2.05, 4.69) is 19.2 Å². The zero-order valence-electron chi connectivity index (χ0n) is 7.70. The Kier molecular flexibility index (Phi) is 3.04. The number of Topliss-reactive ketones (excluding diaryl/α,β-unsaturated/α-hetero) is 1. The van der Waals surface area contributed by atoms with Crippen LogP contribution >= 0.6 is 11.3 Å². The van der Waals surface area contributed by atoms with Gasteiger partial charge < -0.3 is 0 Å². The summed E-state index contributed by atoms with van der Waals surface area (Å²) in [4.78, 5) is 11.3. The minimum atomic E-state index is 0.0937. The monoisotopic (exact) mass is 182 g/mol. The molecule has 0 aliphatic carbocycles. The summed E-state index contributed by atoms with van der Waals surface area (Å²) in [5.74, 6) is 0.761. The SMILES string of the molecule is CC(=O)C(c1ccsc1)C(C)C. The van der Waals surface area contributed by atoms with Crippen LogP contribution in [0.15, 0.2) is 16.8 Å². The Hall–Kier alpha value is -0.630. The predicted octanol–water partition coefficient (Wildman–Crippen LogP) is 3.08. The molecule has 1 aromatic heterocycles. The highest BCUT2D eigenvalue weighted by atomic mass is 32.1. The maximum atomic E-state index is 11.3. The van der Waals surface area contributed by atoms with Crippen molar-refractivity contribution in [2.75, 3.05) is 0 Å². The molecule has 1 aromatic rings. The van der Waals surface area contributed by atoms with Crippen LogP contribution in [0, 0.1) is 5.92 Å². The van der Waals surface area contributed by atoms with Gasteiger partial charge in [0.2, 0.25) is 0 Å². The van der Waals surface area contributed by atoms with E-state index in [1.54, 1.807) is 18.3 Å². The van der Waals surface area contributed by atoms with Gasteiger partial charge in [0, 0.05) is 5.92 Å². The normalized spacial score (nSPS) is 13.3. The number of carbonyl (C=O) groups excluding carboxylic acids is 1. The van der Waals surface area contributed by atoms with Gasteiger partial charge in [0.1, 0.15) is 5.78 Å². The predicted molar refractivity (Wildman–Crippen MR) is 52.6 cm³/mol. The molecule has 0 bridgehead atoms. The van der Waals surface area contributed by atoms with Crippen LogP contribution in [0.4, 0.5) is 0 Å². The zero-order chi connectivity index (χ0) is 9.14. The highest BCUT2D eigenvalue weighted by molar-refractivity contribution is 7.08. The molecule has 0 fully saturated rings. The summed E-state index contributed by atoms with van der Waals surface area (Å²) in [6.45, 7) is 5.84. The Morgan fingerprint density at radius 3 is 2.50 bits per heavy atom. The first kappa shape index (κ1) is 9.46. The van der Waals surface area contributed by atoms with Crippen molar-refractivity contribution in [3.05, 3.63) is 22.4 Å². The standard InChI is InChI=1S/C10H14OS/c1-7(2)10(8(3)11)9-4-5-12-6-9/h4-7,10H,1-3H3. The van der Waals surface area contributed by atoms with E-state index in [9.17, 15) is 4.79 Å². The number of thiophene rings is 1. The van der Waals surface area contributed by atoms with Crippen molar-refractivity contribution in [1.29, 1.82) is 0 Å². The van der Waals surface area contributed by atoms with E-state index in [-0.39, 0.29) is 11.7 Å². The molecule has 1 rings (SSSR count). The molecule has 0 saturated carbocycles. The van der Waals surface area contributed by atoms with Gasteiger partial charge in [-0.05, 0) is 35.2 Å². The molecule has 0 aromatic carbocycles. The van der Waals surface area contributed by atoms with Crippen molar-refractivity contribution in [3.63, 3.8) is 0 Å². The maximum Gasteiger partial charge on any atom is 0.137 e. The summed E-state index contributed by atoms with van der Waals surface area (Å²) in [6, 6.07) is 2.04. The number of ketones is 1. The van der Waals surface area contributed by atoms with Crippen molar-refractivity contribution in [3.8, 4) is 0 Å². The molecule has 66 valence electrons. The lowest BCUT2D eigenvalue weighted by molar-refractivity contribution is -0.119. The van der Waals surface area contributed by atoms with Gasteiger partial charge in [-0.2, -0.15) is 11.3 Å². The van der Waals surface area contributed by atoms with Crippen LogP contribution in [0.5, 0.6) is 0 Å². The van der Waals surface area contributed by atoms with Crippen molar-refractivity contribution in [2.24, 2.45) is 5.92 Å². The third kappa shape index (κ3) is 1.95. The van der Waals surface area contributed by atoms with Gasteiger partial charge in [-0.1, -0.05) is 13.8 Å². The van der Waals surface area contributed by atoms with E-state index in [1.807, 2.05) is 11.4 Å². The number of hydrogen-bond acceptors (Lipinski definition) is 2. The van der Waals surface area contributed by atoms with Gasteiger partial charge in [-0.3, -0.25) is 4.79 Å².